The van der Waals surface area contributed by atoms with Crippen LogP contribution >= 0.6 is 0 Å². The van der Waals surface area contributed by atoms with Crippen LogP contribution in [-0.4, -0.2) is 45.9 Å². The van der Waals surface area contributed by atoms with E-state index in [0.717, 1.165) is 30.4 Å². The molecule has 1 unspecified atom stereocenters. The largest absolute Gasteiger partial charge is 0.298 e. The van der Waals surface area contributed by atoms with Crippen molar-refractivity contribution in [3.8, 4) is 11.8 Å². The molecule has 0 radical (unpaired) electrons. The molecule has 0 saturated carbocycles. The Labute approximate surface area is 170 Å². The van der Waals surface area contributed by atoms with Crippen LogP contribution in [0.1, 0.15) is 47.2 Å². The molecule has 1 saturated heterocycles. The highest BCUT2D eigenvalue weighted by atomic mass is 16.2. The second-order valence-electron chi connectivity index (χ2n) is 7.05. The van der Waals surface area contributed by atoms with Crippen LogP contribution < -0.4 is 5.32 Å². The number of rotatable bonds is 7. The van der Waals surface area contributed by atoms with Gasteiger partial charge in [0.25, 0.3) is 0 Å². The first-order valence-corrected chi connectivity index (χ1v) is 9.66. The van der Waals surface area contributed by atoms with Gasteiger partial charge in [-0.3, -0.25) is 29.3 Å². The molecule has 1 aromatic carbocycles. The molecule has 2 heterocycles. The lowest BCUT2D eigenvalue weighted by Gasteiger charge is -2.30. The van der Waals surface area contributed by atoms with Crippen LogP contribution in [-0.2, 0) is 22.7 Å². The first-order valence-electron chi connectivity index (χ1n) is 9.66. The van der Waals surface area contributed by atoms with E-state index in [4.69, 9.17) is 0 Å². The van der Waals surface area contributed by atoms with Crippen LogP contribution in [0, 0.1) is 11.8 Å². The Morgan fingerprint density at radius 1 is 1.34 bits per heavy atom. The van der Waals surface area contributed by atoms with E-state index < -0.39 is 6.04 Å². The molecule has 3 rings (SSSR count). The van der Waals surface area contributed by atoms with Crippen LogP contribution in [0.4, 0.5) is 0 Å². The van der Waals surface area contributed by atoms with Gasteiger partial charge in [-0.1, -0.05) is 24.0 Å². The lowest BCUT2D eigenvalue weighted by molar-refractivity contribution is -0.137. The number of amides is 2. The van der Waals surface area contributed by atoms with E-state index in [0.29, 0.717) is 31.4 Å². The second kappa shape index (κ2) is 9.80. The Morgan fingerprint density at radius 3 is 2.93 bits per heavy atom. The van der Waals surface area contributed by atoms with Gasteiger partial charge in [-0.25, -0.2) is 0 Å². The standard InChI is InChI=1S/C22H24N4O3/c1-25(20-10-11-21(28)24-22(20)29)15-19-17(8-5-9-18(19)16-27)7-3-2-4-13-26-14-6-12-23-26/h5-6,8-9,12,14,16,20H,2,4,10-11,13,15H2,1H3,(H,24,28,29). The zero-order chi connectivity index (χ0) is 20.6. The van der Waals surface area contributed by atoms with Gasteiger partial charge in [-0.05, 0) is 37.6 Å². The summed E-state index contributed by atoms with van der Waals surface area (Å²) >= 11 is 0. The van der Waals surface area contributed by atoms with E-state index in [1.54, 1.807) is 12.3 Å². The highest BCUT2D eigenvalue weighted by molar-refractivity contribution is 6.00. The molecule has 150 valence electrons. The number of hydrogen-bond donors (Lipinski definition) is 1. The molecule has 2 amide bonds. The molecule has 7 heteroatoms. The number of aldehydes is 1. The van der Waals surface area contributed by atoms with Crippen molar-refractivity contribution in [2.24, 2.45) is 0 Å². The van der Waals surface area contributed by atoms with Gasteiger partial charge in [0.1, 0.15) is 6.29 Å². The average molecular weight is 392 g/mol. The lowest BCUT2D eigenvalue weighted by atomic mass is 9.99. The van der Waals surface area contributed by atoms with Gasteiger partial charge in [0.15, 0.2) is 0 Å². The van der Waals surface area contributed by atoms with Crippen molar-refractivity contribution in [1.29, 1.82) is 0 Å². The molecule has 0 spiro atoms. The van der Waals surface area contributed by atoms with Gasteiger partial charge in [-0.2, -0.15) is 5.10 Å². The molecule has 1 fully saturated rings. The topological polar surface area (TPSA) is 84.3 Å². The molecule has 0 aliphatic carbocycles. The number of piperidine rings is 1. The Hall–Kier alpha value is -3.24. The zero-order valence-electron chi connectivity index (χ0n) is 16.4. The number of aromatic nitrogens is 2. The number of benzene rings is 1. The van der Waals surface area contributed by atoms with Crippen molar-refractivity contribution in [1.82, 2.24) is 20.0 Å². The number of unbranched alkanes of at least 4 members (excludes halogenated alkanes) is 1. The molecule has 0 bridgehead atoms. The van der Waals surface area contributed by atoms with Crippen molar-refractivity contribution < 1.29 is 14.4 Å². The fraction of sp³-hybridized carbons (Fsp3) is 0.364. The molecule has 1 aliphatic rings. The summed E-state index contributed by atoms with van der Waals surface area (Å²) in [4.78, 5) is 36.9. The Kier molecular flexibility index (Phi) is 6.93. The highest BCUT2D eigenvalue weighted by Crippen LogP contribution is 2.19. The number of aryl methyl sites for hydroxylation is 1. The number of likely N-dealkylation sites (N-methyl/N-ethyl adjacent to an activating group) is 1. The maximum absolute atomic E-state index is 12.1. The molecule has 1 N–H and O–H groups in total. The monoisotopic (exact) mass is 392 g/mol. The lowest BCUT2D eigenvalue weighted by Crippen LogP contribution is -2.51. The predicted molar refractivity (Wildman–Crippen MR) is 108 cm³/mol. The number of hydrogen-bond acceptors (Lipinski definition) is 5. The van der Waals surface area contributed by atoms with E-state index in [9.17, 15) is 14.4 Å². The van der Waals surface area contributed by atoms with E-state index in [2.05, 4.69) is 22.3 Å². The summed E-state index contributed by atoms with van der Waals surface area (Å²) < 4.78 is 1.87. The van der Waals surface area contributed by atoms with Crippen LogP contribution in [0.25, 0.3) is 0 Å². The minimum Gasteiger partial charge on any atom is -0.298 e. The molecule has 1 atom stereocenters. The first kappa shape index (κ1) is 20.5. The quantitative estimate of drug-likeness (QED) is 0.336. The summed E-state index contributed by atoms with van der Waals surface area (Å²) in [5, 5.41) is 6.54. The van der Waals surface area contributed by atoms with Crippen LogP contribution in [0.3, 0.4) is 0 Å². The molecular formula is C22H24N4O3. The summed E-state index contributed by atoms with van der Waals surface area (Å²) in [5.41, 5.74) is 2.15. The minimum absolute atomic E-state index is 0.241. The predicted octanol–water partition coefficient (Wildman–Crippen LogP) is 1.76. The van der Waals surface area contributed by atoms with E-state index in [1.807, 2.05) is 41.0 Å². The first-order chi connectivity index (χ1) is 14.1. The molecule has 2 aromatic rings. The fourth-order valence-corrected chi connectivity index (χ4v) is 3.39. The fourth-order valence-electron chi connectivity index (χ4n) is 3.39. The summed E-state index contributed by atoms with van der Waals surface area (Å²) in [5.74, 6) is 5.81. The van der Waals surface area contributed by atoms with Crippen molar-refractivity contribution in [2.75, 3.05) is 7.05 Å². The van der Waals surface area contributed by atoms with E-state index in [-0.39, 0.29) is 11.8 Å². The number of carbonyl (C=O) groups excluding carboxylic acids is 3. The summed E-state index contributed by atoms with van der Waals surface area (Å²) in [6, 6.07) is 6.95. The molecular weight excluding hydrogens is 368 g/mol. The number of carbonyl (C=O) groups is 3. The second-order valence-corrected chi connectivity index (χ2v) is 7.05. The van der Waals surface area contributed by atoms with Gasteiger partial charge in [0.05, 0.1) is 6.04 Å². The minimum atomic E-state index is -0.401. The maximum Gasteiger partial charge on any atom is 0.243 e. The van der Waals surface area contributed by atoms with Crippen molar-refractivity contribution in [3.05, 3.63) is 53.3 Å². The van der Waals surface area contributed by atoms with Crippen molar-refractivity contribution >= 4 is 18.1 Å². The highest BCUT2D eigenvalue weighted by Gasteiger charge is 2.30. The van der Waals surface area contributed by atoms with Gasteiger partial charge in [0, 0.05) is 49.5 Å². The molecule has 7 nitrogen and oxygen atoms in total. The number of nitrogens with zero attached hydrogens (tertiary/aromatic N) is 3. The molecule has 29 heavy (non-hydrogen) atoms. The Bertz CT molecular complexity index is 941. The van der Waals surface area contributed by atoms with Gasteiger partial charge < -0.3 is 0 Å². The van der Waals surface area contributed by atoms with Crippen LogP contribution in [0.5, 0.6) is 0 Å². The van der Waals surface area contributed by atoms with Crippen LogP contribution in [0.2, 0.25) is 0 Å². The molecule has 1 aromatic heterocycles. The molecule has 1 aliphatic heterocycles. The van der Waals surface area contributed by atoms with Crippen molar-refractivity contribution in [2.45, 2.75) is 44.8 Å². The maximum atomic E-state index is 12.1. The van der Waals surface area contributed by atoms with E-state index >= 15 is 0 Å². The smallest absolute Gasteiger partial charge is 0.243 e. The zero-order valence-corrected chi connectivity index (χ0v) is 16.4. The third-order valence-corrected chi connectivity index (χ3v) is 4.96. The van der Waals surface area contributed by atoms with Crippen molar-refractivity contribution in [3.63, 3.8) is 0 Å². The summed E-state index contributed by atoms with van der Waals surface area (Å²) in [6.45, 7) is 1.21. The van der Waals surface area contributed by atoms with Gasteiger partial charge in [-0.15, -0.1) is 0 Å². The van der Waals surface area contributed by atoms with Crippen LogP contribution in [0.15, 0.2) is 36.7 Å². The Morgan fingerprint density at radius 2 is 2.21 bits per heavy atom. The summed E-state index contributed by atoms with van der Waals surface area (Å²) in [6.07, 6.45) is 6.88. The Balaban J connectivity index is 1.69. The number of imide groups is 1. The number of nitrogens with one attached hydrogen (secondary N) is 1. The SMILES string of the molecule is CN(Cc1c(C#CCCCn2cccn2)cccc1C=O)C1CCC(=O)NC1=O. The third kappa shape index (κ3) is 5.39. The summed E-state index contributed by atoms with van der Waals surface area (Å²) in [7, 11) is 1.82. The third-order valence-electron chi connectivity index (χ3n) is 4.96. The normalized spacial score (nSPS) is 16.3. The average Bonchev–Trinajstić information content (AvgIpc) is 3.22. The van der Waals surface area contributed by atoms with E-state index in [1.165, 1.54) is 0 Å². The van der Waals surface area contributed by atoms with Gasteiger partial charge in [0.2, 0.25) is 11.8 Å². The van der Waals surface area contributed by atoms with Gasteiger partial charge >= 0.3 is 0 Å².